The van der Waals surface area contributed by atoms with Gasteiger partial charge in [0.15, 0.2) is 0 Å². The Morgan fingerprint density at radius 1 is 0.947 bits per heavy atom. The predicted octanol–water partition coefficient (Wildman–Crippen LogP) is 5.08. The Morgan fingerprint density at radius 3 is 1.68 bits per heavy atom. The molecule has 2 atom stereocenters. The van der Waals surface area contributed by atoms with E-state index in [-0.39, 0.29) is 0 Å². The summed E-state index contributed by atoms with van der Waals surface area (Å²) < 4.78 is 110. The molecule has 0 spiro atoms. The molecule has 0 heterocycles. The minimum absolute atomic E-state index is 0.656. The van der Waals surface area contributed by atoms with Crippen LogP contribution < -0.4 is 0 Å². The monoisotopic (exact) mass is 338 g/mol. The third-order valence-corrected chi connectivity index (χ3v) is 2.33. The van der Waals surface area contributed by atoms with Gasteiger partial charge >= 0.3 is 18.2 Å². The number of rotatable bonds is 3. The fourth-order valence-electron chi connectivity index (χ4n) is 0.692. The van der Waals surface area contributed by atoms with Crippen LogP contribution in [0.25, 0.3) is 0 Å². The van der Waals surface area contributed by atoms with E-state index >= 15 is 0 Å². The van der Waals surface area contributed by atoms with Crippen LogP contribution in [0.1, 0.15) is 0 Å². The lowest BCUT2D eigenvalue weighted by Crippen LogP contribution is -2.52. The van der Waals surface area contributed by atoms with Gasteiger partial charge in [0.2, 0.25) is 6.17 Å². The fourth-order valence-corrected chi connectivity index (χ4v) is 1.14. The van der Waals surface area contributed by atoms with E-state index < -0.39 is 34.5 Å². The first-order chi connectivity index (χ1) is 8.24. The topological polar surface area (TPSA) is 0 Å². The van der Waals surface area contributed by atoms with Gasteiger partial charge in [-0.05, 0) is 5.73 Å². The molecule has 19 heavy (non-hydrogen) atoms. The Balaban J connectivity index is 5.79. The summed E-state index contributed by atoms with van der Waals surface area (Å²) >= 11 is 8.78. The van der Waals surface area contributed by atoms with Crippen LogP contribution in [-0.4, -0.2) is 23.4 Å². The number of halogens is 11. The largest absolute Gasteiger partial charge is 0.424 e. The second kappa shape index (κ2) is 5.71. The van der Waals surface area contributed by atoms with Gasteiger partial charge in [-0.2, -0.15) is 30.7 Å². The van der Waals surface area contributed by atoms with Crippen molar-refractivity contribution in [3.8, 4) is 0 Å². The minimum atomic E-state index is -6.05. The third-order valence-electron chi connectivity index (χ3n) is 1.57. The van der Waals surface area contributed by atoms with Crippen LogP contribution in [0.4, 0.5) is 39.5 Å². The molecule has 0 aliphatic carbocycles. The summed E-state index contributed by atoms with van der Waals surface area (Å²) in [5, 5.41) is -7.63. The normalized spacial score (nSPS) is 17.0. The predicted molar refractivity (Wildman–Crippen MR) is 47.7 cm³/mol. The minimum Gasteiger partial charge on any atom is -0.232 e. The van der Waals surface area contributed by atoms with Crippen LogP contribution in [-0.2, 0) is 0 Å². The van der Waals surface area contributed by atoms with Gasteiger partial charge in [-0.25, -0.2) is 8.78 Å². The van der Waals surface area contributed by atoms with Crippen molar-refractivity contribution in [3.05, 3.63) is 22.6 Å². The molecule has 110 valence electrons. The quantitative estimate of drug-likeness (QED) is 0.382. The van der Waals surface area contributed by atoms with Crippen molar-refractivity contribution in [1.82, 2.24) is 0 Å². The van der Waals surface area contributed by atoms with Crippen LogP contribution in [0.2, 0.25) is 0 Å². The summed E-state index contributed by atoms with van der Waals surface area (Å²) in [5.41, 5.74) is 1.43. The molecule has 0 nitrogen and oxygen atoms in total. The average molecular weight is 339 g/mol. The van der Waals surface area contributed by atoms with Gasteiger partial charge in [0.05, 0.1) is 0 Å². The van der Waals surface area contributed by atoms with E-state index in [0.29, 0.717) is 5.73 Å². The van der Waals surface area contributed by atoms with Gasteiger partial charge in [0, 0.05) is 5.73 Å². The molecular weight excluding hydrogens is 338 g/mol. The van der Waals surface area contributed by atoms with Gasteiger partial charge in [-0.3, -0.25) is 0 Å². The molecule has 0 radical (unpaired) electrons. The van der Waals surface area contributed by atoms with Gasteiger partial charge in [0.1, 0.15) is 5.03 Å². The zero-order valence-electron chi connectivity index (χ0n) is 8.23. The Labute approximate surface area is 109 Å². The van der Waals surface area contributed by atoms with Crippen LogP contribution in [0, 0.1) is 0 Å². The van der Waals surface area contributed by atoms with E-state index in [1.165, 1.54) is 0 Å². The maximum atomic E-state index is 13.1. The average Bonchev–Trinajstić information content (AvgIpc) is 2.22. The van der Waals surface area contributed by atoms with Crippen LogP contribution in [0.3, 0.4) is 0 Å². The zero-order chi connectivity index (χ0) is 15.6. The highest BCUT2D eigenvalue weighted by atomic mass is 35.5. The van der Waals surface area contributed by atoms with E-state index in [0.717, 1.165) is 5.73 Å². The van der Waals surface area contributed by atoms with Crippen molar-refractivity contribution in [1.29, 1.82) is 0 Å². The lowest BCUT2D eigenvalue weighted by Gasteiger charge is -2.30. The molecule has 0 fully saturated rings. The summed E-state index contributed by atoms with van der Waals surface area (Å²) in [7, 11) is 0. The lowest BCUT2D eigenvalue weighted by molar-refractivity contribution is -0.230. The third kappa shape index (κ3) is 4.11. The molecule has 0 aliphatic rings. The van der Waals surface area contributed by atoms with E-state index in [1.54, 1.807) is 0 Å². The number of hydrogen-bond acceptors (Lipinski definition) is 0. The maximum absolute atomic E-state index is 13.1. The standard InChI is InChI=1S/C8HCl2F9/c9-3(1-2-4(11)12)7(15,16)6(10,14)5(13)8(17,18)19/h5H. The number of hydrogen-bond donors (Lipinski definition) is 0. The van der Waals surface area contributed by atoms with E-state index in [4.69, 9.17) is 0 Å². The van der Waals surface area contributed by atoms with Crippen molar-refractivity contribution < 1.29 is 39.5 Å². The van der Waals surface area contributed by atoms with E-state index in [9.17, 15) is 39.5 Å². The summed E-state index contributed by atoms with van der Waals surface area (Å²) in [6.45, 7) is 0. The molecule has 0 saturated heterocycles. The van der Waals surface area contributed by atoms with Crippen molar-refractivity contribution in [2.75, 3.05) is 0 Å². The van der Waals surface area contributed by atoms with Crippen molar-refractivity contribution in [2.45, 2.75) is 23.4 Å². The molecule has 0 saturated carbocycles. The van der Waals surface area contributed by atoms with Crippen molar-refractivity contribution in [3.63, 3.8) is 0 Å². The smallest absolute Gasteiger partial charge is 0.232 e. The van der Waals surface area contributed by atoms with Gasteiger partial charge in [0.25, 0.3) is 5.13 Å². The highest BCUT2D eigenvalue weighted by Gasteiger charge is 2.69. The Morgan fingerprint density at radius 2 is 1.37 bits per heavy atom. The molecule has 0 aromatic heterocycles. The van der Waals surface area contributed by atoms with Gasteiger partial charge < -0.3 is 0 Å². The second-order valence-corrected chi connectivity index (χ2v) is 3.85. The lowest BCUT2D eigenvalue weighted by atomic mass is 10.1. The van der Waals surface area contributed by atoms with E-state index in [1.807, 2.05) is 0 Å². The molecule has 0 amide bonds. The first-order valence-corrected chi connectivity index (χ1v) is 4.69. The van der Waals surface area contributed by atoms with Gasteiger partial charge in [-0.15, -0.1) is 0 Å². The van der Waals surface area contributed by atoms with Crippen molar-refractivity contribution >= 4 is 23.2 Å². The molecular formula is C8HCl2F9. The second-order valence-electron chi connectivity index (χ2n) is 2.93. The SMILES string of the molecule is FC(F)=C=C=C(Cl)C(F)(F)C(F)(Cl)C(F)C(F)(F)F. The highest BCUT2D eigenvalue weighted by molar-refractivity contribution is 6.32. The van der Waals surface area contributed by atoms with E-state index in [2.05, 4.69) is 23.2 Å². The number of allylic oxidation sites excluding steroid dienone is 1. The molecule has 0 bridgehead atoms. The first-order valence-electron chi connectivity index (χ1n) is 3.94. The van der Waals surface area contributed by atoms with Crippen LogP contribution in [0.5, 0.6) is 0 Å². The summed E-state index contributed by atoms with van der Waals surface area (Å²) in [4.78, 5) is 0. The summed E-state index contributed by atoms with van der Waals surface area (Å²) in [5.74, 6) is -5.46. The molecule has 0 N–H and O–H groups in total. The zero-order valence-corrected chi connectivity index (χ0v) is 9.75. The Hall–Kier alpha value is -0.750. The molecule has 0 rings (SSSR count). The molecule has 11 heteroatoms. The van der Waals surface area contributed by atoms with Crippen LogP contribution in [0.15, 0.2) is 22.6 Å². The highest BCUT2D eigenvalue weighted by Crippen LogP contribution is 2.50. The molecule has 0 aliphatic heterocycles. The fraction of sp³-hybridized carbons (Fsp3) is 0.500. The first kappa shape index (κ1) is 18.2. The Kier molecular flexibility index (Phi) is 5.48. The number of alkyl halides is 8. The summed E-state index contributed by atoms with van der Waals surface area (Å²) in [6.07, 6.45) is -13.6. The molecule has 2 unspecified atom stereocenters. The maximum Gasteiger partial charge on any atom is 0.424 e. The van der Waals surface area contributed by atoms with Crippen LogP contribution >= 0.6 is 23.2 Å². The summed E-state index contributed by atoms with van der Waals surface area (Å²) in [6, 6.07) is 0. The Bertz CT molecular complexity index is 434. The molecule has 0 aromatic carbocycles. The van der Waals surface area contributed by atoms with Crippen molar-refractivity contribution in [2.24, 2.45) is 0 Å². The molecule has 0 aromatic rings. The van der Waals surface area contributed by atoms with Gasteiger partial charge in [-0.1, -0.05) is 23.2 Å².